The van der Waals surface area contributed by atoms with E-state index in [1.165, 1.54) is 12.1 Å². The van der Waals surface area contributed by atoms with E-state index in [0.29, 0.717) is 50.9 Å². The molecule has 0 unspecified atom stereocenters. The summed E-state index contributed by atoms with van der Waals surface area (Å²) in [6.45, 7) is 7.71. The van der Waals surface area contributed by atoms with Gasteiger partial charge in [-0.05, 0) is 32.0 Å². The van der Waals surface area contributed by atoms with Gasteiger partial charge in [-0.15, -0.1) is 0 Å². The smallest absolute Gasteiger partial charge is 0.125 e. The van der Waals surface area contributed by atoms with Crippen molar-refractivity contribution in [2.45, 2.75) is 13.8 Å². The Bertz CT molecular complexity index is 364. The maximum atomic E-state index is 13.3. The molecule has 1 aromatic carbocycles. The van der Waals surface area contributed by atoms with Crippen molar-refractivity contribution < 1.29 is 13.9 Å². The molecule has 0 saturated heterocycles. The van der Waals surface area contributed by atoms with Crippen LogP contribution in [-0.4, -0.2) is 39.5 Å². The lowest BCUT2D eigenvalue weighted by Crippen LogP contribution is -2.31. The topological polar surface area (TPSA) is 47.7 Å². The molecule has 5 heteroatoms. The molecule has 0 amide bonds. The van der Waals surface area contributed by atoms with Crippen LogP contribution in [0.25, 0.3) is 0 Å². The van der Waals surface area contributed by atoms with Crippen molar-refractivity contribution in [1.29, 1.82) is 0 Å². The number of nitrogens with zero attached hydrogens (tertiary/aromatic N) is 1. The summed E-state index contributed by atoms with van der Waals surface area (Å²) in [5, 5.41) is 0. The number of hydrogen-bond acceptors (Lipinski definition) is 4. The molecule has 0 spiro atoms. The number of halogens is 1. The van der Waals surface area contributed by atoms with Crippen LogP contribution in [0.4, 0.5) is 15.8 Å². The fraction of sp³-hybridized carbons (Fsp3) is 0.571. The Kier molecular flexibility index (Phi) is 7.22. The normalized spacial score (nSPS) is 10.7. The van der Waals surface area contributed by atoms with E-state index in [0.717, 1.165) is 0 Å². The molecule has 0 aliphatic heterocycles. The molecule has 1 aromatic rings. The van der Waals surface area contributed by atoms with Crippen LogP contribution in [0.3, 0.4) is 0 Å². The lowest BCUT2D eigenvalue weighted by Gasteiger charge is -2.26. The summed E-state index contributed by atoms with van der Waals surface area (Å²) in [7, 11) is 0. The van der Waals surface area contributed by atoms with Crippen LogP contribution in [0, 0.1) is 5.82 Å². The van der Waals surface area contributed by atoms with Gasteiger partial charge in [0, 0.05) is 26.3 Å². The number of benzene rings is 1. The van der Waals surface area contributed by atoms with E-state index in [-0.39, 0.29) is 5.82 Å². The van der Waals surface area contributed by atoms with E-state index in [4.69, 9.17) is 15.2 Å². The van der Waals surface area contributed by atoms with Gasteiger partial charge in [0.15, 0.2) is 0 Å². The van der Waals surface area contributed by atoms with Crippen LogP contribution in [0.2, 0.25) is 0 Å². The summed E-state index contributed by atoms with van der Waals surface area (Å²) in [6, 6.07) is 4.40. The van der Waals surface area contributed by atoms with Crippen LogP contribution < -0.4 is 10.6 Å². The molecule has 0 heterocycles. The Hall–Kier alpha value is -1.33. The SMILES string of the molecule is CCOCCN(CCOCC)c1cc(F)ccc1N. The second-order valence-corrected chi connectivity index (χ2v) is 4.08. The zero-order valence-corrected chi connectivity index (χ0v) is 11.7. The monoisotopic (exact) mass is 270 g/mol. The summed E-state index contributed by atoms with van der Waals surface area (Å²) in [5.74, 6) is -0.290. The Morgan fingerprint density at radius 2 is 1.68 bits per heavy atom. The number of nitrogens with two attached hydrogens (primary N) is 1. The third-order valence-electron chi connectivity index (χ3n) is 2.75. The Labute approximate surface area is 114 Å². The third-order valence-corrected chi connectivity index (χ3v) is 2.75. The third kappa shape index (κ3) is 5.44. The van der Waals surface area contributed by atoms with Gasteiger partial charge >= 0.3 is 0 Å². The molecule has 1 rings (SSSR count). The minimum Gasteiger partial charge on any atom is -0.397 e. The number of rotatable bonds is 9. The summed E-state index contributed by atoms with van der Waals surface area (Å²) in [6.07, 6.45) is 0. The first-order valence-corrected chi connectivity index (χ1v) is 6.64. The van der Waals surface area contributed by atoms with Crippen molar-refractivity contribution in [2.75, 3.05) is 50.2 Å². The van der Waals surface area contributed by atoms with Gasteiger partial charge in [0.25, 0.3) is 0 Å². The molecule has 19 heavy (non-hydrogen) atoms. The molecular formula is C14H23FN2O2. The highest BCUT2D eigenvalue weighted by atomic mass is 19.1. The van der Waals surface area contributed by atoms with Gasteiger partial charge in [0.05, 0.1) is 24.6 Å². The standard InChI is InChI=1S/C14H23FN2O2/c1-3-18-9-7-17(8-10-19-4-2)14-11-12(15)5-6-13(14)16/h5-6,11H,3-4,7-10,16H2,1-2H3. The molecule has 4 nitrogen and oxygen atoms in total. The van der Waals surface area contributed by atoms with Crippen molar-refractivity contribution in [3.05, 3.63) is 24.0 Å². The summed E-state index contributed by atoms with van der Waals surface area (Å²) in [4.78, 5) is 1.99. The van der Waals surface area contributed by atoms with Gasteiger partial charge in [0.2, 0.25) is 0 Å². The Morgan fingerprint density at radius 3 is 2.21 bits per heavy atom. The molecule has 0 atom stereocenters. The summed E-state index contributed by atoms with van der Waals surface area (Å²) < 4.78 is 24.0. The predicted octanol–water partition coefficient (Wildman–Crippen LogP) is 2.29. The second kappa shape index (κ2) is 8.72. The highest BCUT2D eigenvalue weighted by Gasteiger charge is 2.11. The van der Waals surface area contributed by atoms with Gasteiger partial charge in [-0.3, -0.25) is 0 Å². The van der Waals surface area contributed by atoms with Gasteiger partial charge in [-0.25, -0.2) is 4.39 Å². The van der Waals surface area contributed by atoms with Crippen molar-refractivity contribution in [3.63, 3.8) is 0 Å². The van der Waals surface area contributed by atoms with Crippen LogP contribution in [-0.2, 0) is 9.47 Å². The second-order valence-electron chi connectivity index (χ2n) is 4.08. The molecule has 108 valence electrons. The maximum Gasteiger partial charge on any atom is 0.125 e. The van der Waals surface area contributed by atoms with Gasteiger partial charge in [0.1, 0.15) is 5.82 Å². The lowest BCUT2D eigenvalue weighted by atomic mass is 10.2. The van der Waals surface area contributed by atoms with Crippen LogP contribution in [0.15, 0.2) is 18.2 Å². The van der Waals surface area contributed by atoms with E-state index in [2.05, 4.69) is 0 Å². The molecule has 0 aliphatic rings. The fourth-order valence-corrected chi connectivity index (χ4v) is 1.78. The van der Waals surface area contributed by atoms with Crippen LogP contribution in [0.5, 0.6) is 0 Å². The highest BCUT2D eigenvalue weighted by molar-refractivity contribution is 5.67. The summed E-state index contributed by atoms with van der Waals surface area (Å²) in [5.41, 5.74) is 7.17. The Balaban J connectivity index is 2.72. The molecule has 0 bridgehead atoms. The number of hydrogen-bond donors (Lipinski definition) is 1. The van der Waals surface area contributed by atoms with E-state index in [1.807, 2.05) is 18.7 Å². The van der Waals surface area contributed by atoms with E-state index >= 15 is 0 Å². The van der Waals surface area contributed by atoms with Crippen molar-refractivity contribution in [1.82, 2.24) is 0 Å². The minimum absolute atomic E-state index is 0.290. The van der Waals surface area contributed by atoms with E-state index in [1.54, 1.807) is 6.07 Å². The van der Waals surface area contributed by atoms with E-state index in [9.17, 15) is 4.39 Å². The molecule has 0 saturated carbocycles. The van der Waals surface area contributed by atoms with Gasteiger partial charge in [-0.2, -0.15) is 0 Å². The van der Waals surface area contributed by atoms with E-state index < -0.39 is 0 Å². The molecule has 0 radical (unpaired) electrons. The number of ether oxygens (including phenoxy) is 2. The van der Waals surface area contributed by atoms with Crippen molar-refractivity contribution >= 4 is 11.4 Å². The average molecular weight is 270 g/mol. The maximum absolute atomic E-state index is 13.3. The first kappa shape index (κ1) is 15.7. The highest BCUT2D eigenvalue weighted by Crippen LogP contribution is 2.23. The predicted molar refractivity (Wildman–Crippen MR) is 76.0 cm³/mol. The zero-order chi connectivity index (χ0) is 14.1. The lowest BCUT2D eigenvalue weighted by molar-refractivity contribution is 0.141. The first-order valence-electron chi connectivity index (χ1n) is 6.64. The molecule has 0 aliphatic carbocycles. The number of nitrogen functional groups attached to an aromatic ring is 1. The molecular weight excluding hydrogens is 247 g/mol. The van der Waals surface area contributed by atoms with Gasteiger partial charge < -0.3 is 20.1 Å². The zero-order valence-electron chi connectivity index (χ0n) is 11.7. The summed E-state index contributed by atoms with van der Waals surface area (Å²) >= 11 is 0. The van der Waals surface area contributed by atoms with Crippen molar-refractivity contribution in [3.8, 4) is 0 Å². The largest absolute Gasteiger partial charge is 0.397 e. The van der Waals surface area contributed by atoms with Crippen LogP contribution >= 0.6 is 0 Å². The first-order chi connectivity index (χ1) is 9.19. The molecule has 0 fully saturated rings. The molecule has 0 aromatic heterocycles. The quantitative estimate of drug-likeness (QED) is 0.552. The number of anilines is 2. The fourth-order valence-electron chi connectivity index (χ4n) is 1.78. The molecule has 2 N–H and O–H groups in total. The van der Waals surface area contributed by atoms with Gasteiger partial charge in [-0.1, -0.05) is 0 Å². The Morgan fingerprint density at radius 1 is 1.11 bits per heavy atom. The van der Waals surface area contributed by atoms with Crippen molar-refractivity contribution in [2.24, 2.45) is 0 Å². The minimum atomic E-state index is -0.290. The average Bonchev–Trinajstić information content (AvgIpc) is 2.40. The van der Waals surface area contributed by atoms with Crippen LogP contribution in [0.1, 0.15) is 13.8 Å².